The van der Waals surface area contributed by atoms with Crippen LogP contribution in [0.5, 0.6) is 0 Å². The summed E-state index contributed by atoms with van der Waals surface area (Å²) >= 11 is 6.87. The number of amides is 1. The van der Waals surface area contributed by atoms with E-state index in [-0.39, 0.29) is 15.8 Å². The zero-order valence-corrected chi connectivity index (χ0v) is 18.3. The minimum Gasteiger partial charge on any atom is -0.345 e. The Morgan fingerprint density at radius 1 is 1.17 bits per heavy atom. The molecule has 1 amide bonds. The summed E-state index contributed by atoms with van der Waals surface area (Å²) in [7, 11) is -7.11. The molecule has 0 unspecified atom stereocenters. The van der Waals surface area contributed by atoms with E-state index in [9.17, 15) is 21.6 Å². The molecule has 1 atom stereocenters. The zero-order chi connectivity index (χ0) is 21.5. The normalized spacial score (nSPS) is 17.8. The van der Waals surface area contributed by atoms with Gasteiger partial charge in [0, 0.05) is 16.0 Å². The van der Waals surface area contributed by atoms with E-state index in [4.69, 9.17) is 11.6 Å². The molecular weight excluding hydrogens is 470 g/mol. The lowest BCUT2D eigenvalue weighted by atomic mass is 10.2. The summed E-state index contributed by atoms with van der Waals surface area (Å²) in [6, 6.07) is 9.87. The van der Waals surface area contributed by atoms with Crippen molar-refractivity contribution in [3.8, 4) is 0 Å². The van der Waals surface area contributed by atoms with Gasteiger partial charge in [0.1, 0.15) is 0 Å². The number of carbonyl (C=O) groups excluding carboxylic acids is 1. The van der Waals surface area contributed by atoms with E-state index in [1.54, 1.807) is 18.2 Å². The van der Waals surface area contributed by atoms with E-state index >= 15 is 0 Å². The van der Waals surface area contributed by atoms with Crippen LogP contribution in [-0.4, -0.2) is 39.5 Å². The minimum absolute atomic E-state index is 0.0470. The van der Waals surface area contributed by atoms with E-state index in [1.807, 2.05) is 0 Å². The van der Waals surface area contributed by atoms with Gasteiger partial charge in [0.2, 0.25) is 0 Å². The molecule has 156 valence electrons. The van der Waals surface area contributed by atoms with Gasteiger partial charge in [-0.15, -0.1) is 0 Å². The lowest BCUT2D eigenvalue weighted by Gasteiger charge is -2.09. The van der Waals surface area contributed by atoms with Crippen LogP contribution in [0.2, 0.25) is 5.02 Å². The Hall–Kier alpha value is -2.47. The van der Waals surface area contributed by atoms with E-state index in [1.165, 1.54) is 30.3 Å². The average Bonchev–Trinajstić information content (AvgIpc) is 3.22. The smallest absolute Gasteiger partial charge is 0.263 e. The zero-order valence-electron chi connectivity index (χ0n) is 15.1. The van der Waals surface area contributed by atoms with Gasteiger partial charge in [0.15, 0.2) is 15.0 Å². The Kier molecular flexibility index (Phi) is 5.30. The molecule has 0 fully saturated rings. The van der Waals surface area contributed by atoms with Gasteiger partial charge in [-0.3, -0.25) is 9.52 Å². The van der Waals surface area contributed by atoms with Crippen molar-refractivity contribution in [3.63, 3.8) is 0 Å². The van der Waals surface area contributed by atoms with Crippen molar-refractivity contribution >= 4 is 64.1 Å². The highest BCUT2D eigenvalue weighted by Gasteiger charge is 2.24. The summed E-state index contributed by atoms with van der Waals surface area (Å²) in [5.41, 5.74) is 0.838. The van der Waals surface area contributed by atoms with Crippen LogP contribution in [0, 0.1) is 0 Å². The number of halogens is 1. The number of hydrogen-bond donors (Lipinski definition) is 2. The van der Waals surface area contributed by atoms with Gasteiger partial charge >= 0.3 is 0 Å². The fraction of sp³-hybridized carbons (Fsp3) is 0.111. The van der Waals surface area contributed by atoms with Crippen molar-refractivity contribution in [2.45, 2.75) is 10.9 Å². The number of hydrogen-bond acceptors (Lipinski definition) is 7. The maximum Gasteiger partial charge on any atom is 0.263 e. The average molecular weight is 484 g/mol. The monoisotopic (exact) mass is 483 g/mol. The molecule has 0 bridgehead atoms. The van der Waals surface area contributed by atoms with E-state index in [0.717, 1.165) is 16.7 Å². The molecule has 0 saturated heterocycles. The molecule has 1 aromatic heterocycles. The van der Waals surface area contributed by atoms with Crippen molar-refractivity contribution in [1.29, 1.82) is 0 Å². The number of sulfone groups is 1. The van der Waals surface area contributed by atoms with Crippen LogP contribution in [0.15, 0.2) is 58.8 Å². The van der Waals surface area contributed by atoms with Crippen molar-refractivity contribution in [1.82, 2.24) is 10.3 Å². The van der Waals surface area contributed by atoms with Crippen LogP contribution in [0.25, 0.3) is 10.2 Å². The highest BCUT2D eigenvalue weighted by molar-refractivity contribution is 7.94. The summed E-state index contributed by atoms with van der Waals surface area (Å²) < 4.78 is 51.0. The molecule has 12 heteroatoms. The Balaban J connectivity index is 1.53. The second-order valence-electron chi connectivity index (χ2n) is 6.50. The fourth-order valence-corrected chi connectivity index (χ4v) is 6.32. The lowest BCUT2D eigenvalue weighted by Crippen LogP contribution is -2.35. The first-order valence-electron chi connectivity index (χ1n) is 8.52. The van der Waals surface area contributed by atoms with Crippen LogP contribution in [0.3, 0.4) is 0 Å². The highest BCUT2D eigenvalue weighted by Crippen LogP contribution is 2.29. The lowest BCUT2D eigenvalue weighted by molar-refractivity contribution is 0.0948. The first-order chi connectivity index (χ1) is 14.1. The molecule has 1 aliphatic heterocycles. The fourth-order valence-electron chi connectivity index (χ4n) is 2.81. The summed E-state index contributed by atoms with van der Waals surface area (Å²) in [5.74, 6) is -0.599. The van der Waals surface area contributed by atoms with Crippen LogP contribution in [-0.2, 0) is 19.9 Å². The molecule has 0 spiro atoms. The number of rotatable bonds is 5. The second kappa shape index (κ2) is 7.65. The summed E-state index contributed by atoms with van der Waals surface area (Å²) in [6.07, 6.45) is 1.43. The molecule has 3 aromatic rings. The predicted octanol–water partition coefficient (Wildman–Crippen LogP) is 2.79. The topological polar surface area (TPSA) is 122 Å². The van der Waals surface area contributed by atoms with Gasteiger partial charge < -0.3 is 5.32 Å². The van der Waals surface area contributed by atoms with Crippen LogP contribution >= 0.6 is 22.9 Å². The number of carbonyl (C=O) groups is 1. The van der Waals surface area contributed by atoms with Gasteiger partial charge in [-0.05, 0) is 48.5 Å². The highest BCUT2D eigenvalue weighted by atomic mass is 35.5. The summed E-state index contributed by atoms with van der Waals surface area (Å²) in [5, 5.41) is 4.31. The summed E-state index contributed by atoms with van der Waals surface area (Å²) in [6.45, 7) is 0. The van der Waals surface area contributed by atoms with E-state index < -0.39 is 31.8 Å². The number of benzene rings is 2. The first-order valence-corrected chi connectivity index (χ1v) is 12.9. The Labute approximate surface area is 181 Å². The maximum atomic E-state index is 12.5. The third kappa shape index (κ3) is 4.48. The second-order valence-corrected chi connectivity index (χ2v) is 11.6. The third-order valence-electron chi connectivity index (χ3n) is 4.24. The molecule has 2 N–H and O–H groups in total. The number of thiazole rings is 1. The molecule has 30 heavy (non-hydrogen) atoms. The van der Waals surface area contributed by atoms with Gasteiger partial charge in [-0.1, -0.05) is 22.9 Å². The molecule has 0 aliphatic carbocycles. The number of fused-ring (bicyclic) bond motifs is 1. The number of nitrogens with one attached hydrogen (secondary N) is 2. The Morgan fingerprint density at radius 3 is 2.57 bits per heavy atom. The molecule has 0 radical (unpaired) electrons. The van der Waals surface area contributed by atoms with Crippen molar-refractivity contribution in [2.75, 3.05) is 10.5 Å². The third-order valence-corrected chi connectivity index (χ3v) is 8.31. The Morgan fingerprint density at radius 2 is 1.90 bits per heavy atom. The van der Waals surface area contributed by atoms with Gasteiger partial charge in [-0.2, -0.15) is 0 Å². The predicted molar refractivity (Wildman–Crippen MR) is 116 cm³/mol. The molecule has 1 aliphatic rings. The number of nitrogens with zero attached hydrogens (tertiary/aromatic N) is 1. The van der Waals surface area contributed by atoms with E-state index in [0.29, 0.717) is 20.8 Å². The standard InChI is InChI=1S/C18H14ClN3O5S3/c19-12-2-4-14(5-3-12)30(26,27)22-18-21-15-6-1-11(9-16(15)28-18)17(23)20-13-7-8-29(24,25)10-13/h1-9,13H,10H2,(H,20,23)(H,21,22)/t13-/m0/s1. The van der Waals surface area contributed by atoms with Crippen LogP contribution in [0.1, 0.15) is 10.4 Å². The largest absolute Gasteiger partial charge is 0.345 e. The molecule has 4 rings (SSSR count). The quantitative estimate of drug-likeness (QED) is 0.575. The van der Waals surface area contributed by atoms with Crippen LogP contribution in [0.4, 0.5) is 5.13 Å². The molecule has 2 heterocycles. The number of anilines is 1. The van der Waals surface area contributed by atoms with Gasteiger partial charge in [0.05, 0.1) is 26.9 Å². The number of sulfonamides is 1. The number of aromatic nitrogens is 1. The molecular formula is C18H14ClN3O5S3. The van der Waals surface area contributed by atoms with Crippen molar-refractivity contribution < 1.29 is 21.6 Å². The van der Waals surface area contributed by atoms with Gasteiger partial charge in [-0.25, -0.2) is 21.8 Å². The minimum atomic E-state index is -3.84. The first kappa shape index (κ1) is 20.8. The SMILES string of the molecule is O=C(N[C@H]1C=CS(=O)(=O)C1)c1ccc2nc(NS(=O)(=O)c3ccc(Cl)cc3)sc2c1. The van der Waals surface area contributed by atoms with Gasteiger partial charge in [0.25, 0.3) is 15.9 Å². The molecule has 8 nitrogen and oxygen atoms in total. The maximum absolute atomic E-state index is 12.5. The van der Waals surface area contributed by atoms with Crippen molar-refractivity contribution in [3.05, 3.63) is 64.5 Å². The van der Waals surface area contributed by atoms with Crippen LogP contribution < -0.4 is 10.0 Å². The van der Waals surface area contributed by atoms with E-state index in [2.05, 4.69) is 15.0 Å². The Bertz CT molecular complexity index is 1380. The summed E-state index contributed by atoms with van der Waals surface area (Å²) in [4.78, 5) is 16.7. The molecule has 2 aromatic carbocycles. The van der Waals surface area contributed by atoms with Crippen molar-refractivity contribution in [2.24, 2.45) is 0 Å². The molecule has 0 saturated carbocycles.